The summed E-state index contributed by atoms with van der Waals surface area (Å²) in [6.07, 6.45) is -0.612. The smallest absolute Gasteiger partial charge is 0.287 e. The molecular weight excluding hydrogens is 264 g/mol. The number of carbonyl (C=O) groups is 1. The van der Waals surface area contributed by atoms with E-state index in [-0.39, 0.29) is 5.91 Å². The summed E-state index contributed by atoms with van der Waals surface area (Å²) >= 11 is 5.79. The molecule has 2 rings (SSSR count). The minimum Gasteiger partial charge on any atom is -0.481 e. The highest BCUT2D eigenvalue weighted by Gasteiger charge is 2.19. The van der Waals surface area contributed by atoms with Crippen LogP contribution in [0.3, 0.4) is 0 Å². The Morgan fingerprint density at radius 1 is 1.32 bits per heavy atom. The highest BCUT2D eigenvalue weighted by atomic mass is 35.5. The van der Waals surface area contributed by atoms with E-state index in [0.717, 1.165) is 11.4 Å². The van der Waals surface area contributed by atoms with E-state index in [9.17, 15) is 4.79 Å². The van der Waals surface area contributed by atoms with Crippen molar-refractivity contribution in [3.05, 3.63) is 46.7 Å². The molecule has 1 unspecified atom stereocenters. The van der Waals surface area contributed by atoms with Gasteiger partial charge in [0, 0.05) is 10.7 Å². The topological polar surface area (TPSA) is 44.1 Å². The fourth-order valence-corrected chi connectivity index (χ4v) is 1.92. The number of hydrogen-bond donors (Lipinski definition) is 0. The maximum atomic E-state index is 12.2. The van der Waals surface area contributed by atoms with Gasteiger partial charge in [0.25, 0.3) is 5.91 Å². The molecule has 0 aliphatic rings. The van der Waals surface area contributed by atoms with E-state index in [1.165, 1.54) is 4.68 Å². The Morgan fingerprint density at radius 3 is 2.47 bits per heavy atom. The average Bonchev–Trinajstić information content (AvgIpc) is 2.70. The van der Waals surface area contributed by atoms with Gasteiger partial charge in [-0.3, -0.25) is 4.79 Å². The molecule has 0 N–H and O–H groups in total. The Labute approximate surface area is 116 Å². The highest BCUT2D eigenvalue weighted by Crippen LogP contribution is 2.17. The number of nitrogens with zero attached hydrogens (tertiary/aromatic N) is 2. The van der Waals surface area contributed by atoms with Crippen LogP contribution in [0.1, 0.15) is 23.1 Å². The molecule has 19 heavy (non-hydrogen) atoms. The van der Waals surface area contributed by atoms with Crippen LogP contribution < -0.4 is 4.74 Å². The van der Waals surface area contributed by atoms with Crippen LogP contribution >= 0.6 is 11.6 Å². The first-order valence-corrected chi connectivity index (χ1v) is 6.35. The molecule has 4 nitrogen and oxygen atoms in total. The molecule has 0 saturated carbocycles. The van der Waals surface area contributed by atoms with Crippen LogP contribution in [0.4, 0.5) is 0 Å². The Bertz CT molecular complexity index is 590. The van der Waals surface area contributed by atoms with Crippen molar-refractivity contribution in [3.63, 3.8) is 0 Å². The van der Waals surface area contributed by atoms with Crippen LogP contribution in [0.2, 0.25) is 5.02 Å². The zero-order chi connectivity index (χ0) is 14.0. The molecule has 1 aromatic heterocycles. The van der Waals surface area contributed by atoms with Gasteiger partial charge in [-0.25, -0.2) is 4.68 Å². The summed E-state index contributed by atoms with van der Waals surface area (Å²) in [6.45, 7) is 5.39. The largest absolute Gasteiger partial charge is 0.481 e. The van der Waals surface area contributed by atoms with Crippen LogP contribution in [-0.4, -0.2) is 21.8 Å². The molecule has 1 atom stereocenters. The fraction of sp³-hybridized carbons (Fsp3) is 0.286. The van der Waals surface area contributed by atoms with Gasteiger partial charge in [-0.2, -0.15) is 5.10 Å². The number of benzene rings is 1. The zero-order valence-electron chi connectivity index (χ0n) is 11.1. The molecule has 1 heterocycles. The molecule has 0 aliphatic carbocycles. The number of aromatic nitrogens is 2. The second kappa shape index (κ2) is 5.45. The second-order valence-electron chi connectivity index (χ2n) is 4.39. The molecule has 0 aliphatic heterocycles. The Balaban J connectivity index is 2.11. The van der Waals surface area contributed by atoms with Gasteiger partial charge in [0.15, 0.2) is 6.10 Å². The number of aryl methyl sites for hydroxylation is 2. The number of carbonyl (C=O) groups excluding carboxylic acids is 1. The lowest BCUT2D eigenvalue weighted by Gasteiger charge is -2.14. The van der Waals surface area contributed by atoms with E-state index in [1.54, 1.807) is 31.2 Å². The normalized spacial score (nSPS) is 12.2. The summed E-state index contributed by atoms with van der Waals surface area (Å²) in [7, 11) is 0. The fourth-order valence-electron chi connectivity index (χ4n) is 1.79. The molecule has 0 fully saturated rings. The van der Waals surface area contributed by atoms with Crippen LogP contribution in [0.5, 0.6) is 5.75 Å². The summed E-state index contributed by atoms with van der Waals surface area (Å²) in [6, 6.07) is 8.75. The van der Waals surface area contributed by atoms with Crippen molar-refractivity contribution in [3.8, 4) is 5.75 Å². The third kappa shape index (κ3) is 3.15. The molecular formula is C14H15ClN2O2. The minimum absolute atomic E-state index is 0.194. The van der Waals surface area contributed by atoms with Gasteiger partial charge in [-0.1, -0.05) is 11.6 Å². The van der Waals surface area contributed by atoms with Crippen molar-refractivity contribution in [2.24, 2.45) is 0 Å². The van der Waals surface area contributed by atoms with Crippen molar-refractivity contribution >= 4 is 17.5 Å². The SMILES string of the molecule is Cc1cc(C)n(C(=O)C(C)Oc2ccc(Cl)cc2)n1. The molecule has 0 radical (unpaired) electrons. The standard InChI is InChI=1S/C14H15ClN2O2/c1-9-8-10(2)17(16-9)14(18)11(3)19-13-6-4-12(15)5-7-13/h4-8,11H,1-3H3. The molecule has 5 heteroatoms. The number of hydrogen-bond acceptors (Lipinski definition) is 3. The number of rotatable bonds is 3. The third-order valence-electron chi connectivity index (χ3n) is 2.69. The van der Waals surface area contributed by atoms with Crippen molar-refractivity contribution in [1.82, 2.24) is 9.78 Å². The van der Waals surface area contributed by atoms with Crippen molar-refractivity contribution in [2.45, 2.75) is 26.9 Å². The van der Waals surface area contributed by atoms with E-state index >= 15 is 0 Å². The zero-order valence-corrected chi connectivity index (χ0v) is 11.8. The van der Waals surface area contributed by atoms with Gasteiger partial charge in [-0.15, -0.1) is 0 Å². The first-order chi connectivity index (χ1) is 8.97. The van der Waals surface area contributed by atoms with E-state index in [2.05, 4.69) is 5.10 Å². The van der Waals surface area contributed by atoms with Gasteiger partial charge in [0.1, 0.15) is 5.75 Å². The molecule has 100 valence electrons. The molecule has 0 amide bonds. The predicted octanol–water partition coefficient (Wildman–Crippen LogP) is 3.26. The maximum Gasteiger partial charge on any atom is 0.287 e. The molecule has 1 aromatic carbocycles. The molecule has 2 aromatic rings. The number of halogens is 1. The van der Waals surface area contributed by atoms with E-state index in [4.69, 9.17) is 16.3 Å². The van der Waals surface area contributed by atoms with Crippen molar-refractivity contribution < 1.29 is 9.53 Å². The molecule has 0 bridgehead atoms. The Kier molecular flexibility index (Phi) is 3.90. The maximum absolute atomic E-state index is 12.2. The number of ether oxygens (including phenoxy) is 1. The summed E-state index contributed by atoms with van der Waals surface area (Å²) in [5, 5.41) is 4.78. The lowest BCUT2D eigenvalue weighted by molar-refractivity contribution is 0.0707. The lowest BCUT2D eigenvalue weighted by atomic mass is 10.3. The van der Waals surface area contributed by atoms with Crippen LogP contribution in [-0.2, 0) is 0 Å². The van der Waals surface area contributed by atoms with E-state index < -0.39 is 6.10 Å². The second-order valence-corrected chi connectivity index (χ2v) is 4.83. The lowest BCUT2D eigenvalue weighted by Crippen LogP contribution is -2.30. The van der Waals surface area contributed by atoms with Crippen molar-refractivity contribution in [2.75, 3.05) is 0 Å². The van der Waals surface area contributed by atoms with E-state index in [1.807, 2.05) is 19.9 Å². The average molecular weight is 279 g/mol. The van der Waals surface area contributed by atoms with Gasteiger partial charge in [-0.05, 0) is 51.1 Å². The minimum atomic E-state index is -0.612. The van der Waals surface area contributed by atoms with Crippen LogP contribution in [0, 0.1) is 13.8 Å². The van der Waals surface area contributed by atoms with E-state index in [0.29, 0.717) is 10.8 Å². The molecule has 0 saturated heterocycles. The van der Waals surface area contributed by atoms with Crippen molar-refractivity contribution in [1.29, 1.82) is 0 Å². The van der Waals surface area contributed by atoms with Gasteiger partial charge < -0.3 is 4.74 Å². The quantitative estimate of drug-likeness (QED) is 0.865. The van der Waals surface area contributed by atoms with Gasteiger partial charge in [0.05, 0.1) is 5.69 Å². The summed E-state index contributed by atoms with van der Waals surface area (Å²) in [5.41, 5.74) is 1.61. The predicted molar refractivity (Wildman–Crippen MR) is 73.9 cm³/mol. The van der Waals surface area contributed by atoms with Gasteiger partial charge >= 0.3 is 0 Å². The van der Waals surface area contributed by atoms with Crippen LogP contribution in [0.15, 0.2) is 30.3 Å². The summed E-state index contributed by atoms with van der Waals surface area (Å²) in [4.78, 5) is 12.2. The Morgan fingerprint density at radius 2 is 1.95 bits per heavy atom. The molecule has 0 spiro atoms. The third-order valence-corrected chi connectivity index (χ3v) is 2.94. The first kappa shape index (κ1) is 13.6. The highest BCUT2D eigenvalue weighted by molar-refractivity contribution is 6.30. The summed E-state index contributed by atoms with van der Waals surface area (Å²) in [5.74, 6) is 0.410. The first-order valence-electron chi connectivity index (χ1n) is 5.97. The summed E-state index contributed by atoms with van der Waals surface area (Å²) < 4.78 is 6.95. The van der Waals surface area contributed by atoms with Crippen LogP contribution in [0.25, 0.3) is 0 Å². The Hall–Kier alpha value is -1.81. The monoisotopic (exact) mass is 278 g/mol. The van der Waals surface area contributed by atoms with Gasteiger partial charge in [0.2, 0.25) is 0 Å².